The minimum absolute atomic E-state index is 0.113. The fourth-order valence-corrected chi connectivity index (χ4v) is 3.15. The SMILES string of the molecule is Cc1cnc(N)c(C(=O)Cc2ccccc2N2CCCC(N)C2)n1. The zero-order valence-electron chi connectivity index (χ0n) is 13.9. The van der Waals surface area contributed by atoms with E-state index in [9.17, 15) is 4.79 Å². The molecule has 2 aromatic rings. The number of Topliss-reactive ketones (excluding diaryl/α,β-unsaturated/α-hetero) is 1. The molecule has 1 fully saturated rings. The van der Waals surface area contributed by atoms with Crippen molar-refractivity contribution in [3.05, 3.63) is 47.4 Å². The lowest BCUT2D eigenvalue weighted by molar-refractivity contribution is 0.0988. The Bertz CT molecular complexity index is 746. The van der Waals surface area contributed by atoms with E-state index < -0.39 is 0 Å². The topological polar surface area (TPSA) is 98.1 Å². The van der Waals surface area contributed by atoms with E-state index in [4.69, 9.17) is 11.5 Å². The van der Waals surface area contributed by atoms with Crippen molar-refractivity contribution in [2.24, 2.45) is 5.73 Å². The Labute approximate surface area is 141 Å². The predicted molar refractivity (Wildman–Crippen MR) is 95.1 cm³/mol. The van der Waals surface area contributed by atoms with Crippen molar-refractivity contribution in [1.29, 1.82) is 0 Å². The second-order valence-corrected chi connectivity index (χ2v) is 6.32. The molecule has 0 saturated carbocycles. The minimum Gasteiger partial charge on any atom is -0.382 e. The van der Waals surface area contributed by atoms with Crippen molar-refractivity contribution in [2.45, 2.75) is 32.2 Å². The fourth-order valence-electron chi connectivity index (χ4n) is 3.15. The third-order valence-electron chi connectivity index (χ3n) is 4.33. The van der Waals surface area contributed by atoms with Gasteiger partial charge in [-0.3, -0.25) is 4.79 Å². The summed E-state index contributed by atoms with van der Waals surface area (Å²) >= 11 is 0. The first-order valence-corrected chi connectivity index (χ1v) is 8.25. The molecule has 6 nitrogen and oxygen atoms in total. The number of para-hydroxylation sites is 1. The zero-order chi connectivity index (χ0) is 17.1. The number of aromatic nitrogens is 2. The molecule has 1 aromatic carbocycles. The third kappa shape index (κ3) is 3.54. The van der Waals surface area contributed by atoms with E-state index in [1.165, 1.54) is 0 Å². The number of piperidine rings is 1. The van der Waals surface area contributed by atoms with Crippen LogP contribution in [0.4, 0.5) is 11.5 Å². The van der Waals surface area contributed by atoms with E-state index in [-0.39, 0.29) is 29.8 Å². The average Bonchev–Trinajstić information content (AvgIpc) is 2.57. The standard InChI is InChI=1S/C18H23N5O/c1-12-10-21-18(20)17(22-12)16(24)9-13-5-2-3-7-15(13)23-8-4-6-14(19)11-23/h2-3,5,7,10,14H,4,6,8-9,11,19H2,1H3,(H2,20,21). The maximum absolute atomic E-state index is 12.7. The van der Waals surface area contributed by atoms with E-state index >= 15 is 0 Å². The van der Waals surface area contributed by atoms with Crippen LogP contribution in [0.15, 0.2) is 30.5 Å². The monoisotopic (exact) mass is 325 g/mol. The number of benzene rings is 1. The van der Waals surface area contributed by atoms with E-state index in [1.807, 2.05) is 24.3 Å². The summed E-state index contributed by atoms with van der Waals surface area (Å²) in [6.45, 7) is 3.58. The lowest BCUT2D eigenvalue weighted by Crippen LogP contribution is -2.43. The summed E-state index contributed by atoms with van der Waals surface area (Å²) in [5.74, 6) is 0.0699. The number of anilines is 2. The Morgan fingerprint density at radius 3 is 2.96 bits per heavy atom. The van der Waals surface area contributed by atoms with Crippen LogP contribution in [0.25, 0.3) is 0 Å². The molecule has 126 valence electrons. The van der Waals surface area contributed by atoms with E-state index in [0.717, 1.165) is 37.2 Å². The lowest BCUT2D eigenvalue weighted by Gasteiger charge is -2.34. The first kappa shape index (κ1) is 16.4. The molecular weight excluding hydrogens is 302 g/mol. The highest BCUT2D eigenvalue weighted by atomic mass is 16.1. The predicted octanol–water partition coefficient (Wildman–Crippen LogP) is 1.72. The largest absolute Gasteiger partial charge is 0.382 e. The van der Waals surface area contributed by atoms with Gasteiger partial charge in [-0.05, 0) is 31.4 Å². The van der Waals surface area contributed by atoms with Crippen molar-refractivity contribution in [2.75, 3.05) is 23.7 Å². The van der Waals surface area contributed by atoms with Gasteiger partial charge in [0.2, 0.25) is 0 Å². The Morgan fingerprint density at radius 2 is 2.17 bits per heavy atom. The van der Waals surface area contributed by atoms with Crippen LogP contribution in [0.1, 0.15) is 34.6 Å². The van der Waals surface area contributed by atoms with Gasteiger partial charge < -0.3 is 16.4 Å². The van der Waals surface area contributed by atoms with Crippen LogP contribution in [-0.2, 0) is 6.42 Å². The normalized spacial score (nSPS) is 17.8. The minimum atomic E-state index is -0.113. The molecule has 2 heterocycles. The number of hydrogen-bond acceptors (Lipinski definition) is 6. The molecule has 1 saturated heterocycles. The molecule has 4 N–H and O–H groups in total. The molecule has 1 aromatic heterocycles. The molecule has 24 heavy (non-hydrogen) atoms. The molecule has 0 bridgehead atoms. The van der Waals surface area contributed by atoms with Crippen LogP contribution in [0.5, 0.6) is 0 Å². The van der Waals surface area contributed by atoms with Gasteiger partial charge in [0.05, 0.1) is 11.9 Å². The Balaban J connectivity index is 1.85. The second kappa shape index (κ2) is 6.97. The van der Waals surface area contributed by atoms with Crippen molar-refractivity contribution in [3.63, 3.8) is 0 Å². The molecule has 0 radical (unpaired) electrons. The number of rotatable bonds is 4. The summed E-state index contributed by atoms with van der Waals surface area (Å²) in [6, 6.07) is 8.14. The average molecular weight is 325 g/mol. The van der Waals surface area contributed by atoms with Gasteiger partial charge in [-0.15, -0.1) is 0 Å². The second-order valence-electron chi connectivity index (χ2n) is 6.32. The Morgan fingerprint density at radius 1 is 1.38 bits per heavy atom. The number of nitrogens with two attached hydrogens (primary N) is 2. The zero-order valence-corrected chi connectivity index (χ0v) is 13.9. The smallest absolute Gasteiger partial charge is 0.189 e. The van der Waals surface area contributed by atoms with E-state index in [1.54, 1.807) is 13.1 Å². The van der Waals surface area contributed by atoms with Gasteiger partial charge in [0.15, 0.2) is 11.6 Å². The number of nitrogen functional groups attached to an aromatic ring is 1. The van der Waals surface area contributed by atoms with Gasteiger partial charge in [0.25, 0.3) is 0 Å². The number of carbonyl (C=O) groups is 1. The maximum atomic E-state index is 12.7. The van der Waals surface area contributed by atoms with Crippen molar-refractivity contribution >= 4 is 17.3 Å². The molecule has 1 aliphatic rings. The summed E-state index contributed by atoms with van der Waals surface area (Å²) in [5.41, 5.74) is 14.9. The van der Waals surface area contributed by atoms with Gasteiger partial charge in [-0.1, -0.05) is 18.2 Å². The first-order chi connectivity index (χ1) is 11.5. The van der Waals surface area contributed by atoms with Gasteiger partial charge in [0, 0.05) is 31.2 Å². The molecule has 0 amide bonds. The number of ketones is 1. The van der Waals surface area contributed by atoms with Crippen LogP contribution in [0.2, 0.25) is 0 Å². The van der Waals surface area contributed by atoms with Crippen molar-refractivity contribution in [1.82, 2.24) is 9.97 Å². The van der Waals surface area contributed by atoms with Crippen molar-refractivity contribution in [3.8, 4) is 0 Å². The number of carbonyl (C=O) groups excluding carboxylic acids is 1. The highest BCUT2D eigenvalue weighted by Gasteiger charge is 2.21. The summed E-state index contributed by atoms with van der Waals surface area (Å²) in [6.07, 6.45) is 3.94. The number of nitrogens with zero attached hydrogens (tertiary/aromatic N) is 3. The molecule has 6 heteroatoms. The van der Waals surface area contributed by atoms with Gasteiger partial charge in [0.1, 0.15) is 5.69 Å². The Kier molecular flexibility index (Phi) is 4.76. The summed E-state index contributed by atoms with van der Waals surface area (Å²) in [5, 5.41) is 0. The lowest BCUT2D eigenvalue weighted by atomic mass is 10.0. The highest BCUT2D eigenvalue weighted by molar-refractivity contribution is 6.00. The van der Waals surface area contributed by atoms with Gasteiger partial charge in [-0.25, -0.2) is 9.97 Å². The van der Waals surface area contributed by atoms with Gasteiger partial charge >= 0.3 is 0 Å². The quantitative estimate of drug-likeness (QED) is 0.831. The number of aryl methyl sites for hydroxylation is 1. The molecule has 1 aliphatic heterocycles. The maximum Gasteiger partial charge on any atom is 0.189 e. The van der Waals surface area contributed by atoms with Crippen LogP contribution < -0.4 is 16.4 Å². The molecular formula is C18H23N5O. The van der Waals surface area contributed by atoms with E-state index in [0.29, 0.717) is 5.69 Å². The van der Waals surface area contributed by atoms with Crippen LogP contribution in [0.3, 0.4) is 0 Å². The Hall–Kier alpha value is -2.47. The first-order valence-electron chi connectivity index (χ1n) is 8.25. The van der Waals surface area contributed by atoms with Crippen molar-refractivity contribution < 1.29 is 4.79 Å². The van der Waals surface area contributed by atoms with Crippen LogP contribution >= 0.6 is 0 Å². The molecule has 1 atom stereocenters. The molecule has 0 spiro atoms. The number of hydrogen-bond donors (Lipinski definition) is 2. The molecule has 0 aliphatic carbocycles. The highest BCUT2D eigenvalue weighted by Crippen LogP contribution is 2.25. The molecule has 3 rings (SSSR count). The van der Waals surface area contributed by atoms with Crippen LogP contribution in [-0.4, -0.2) is 34.9 Å². The molecule has 1 unspecified atom stereocenters. The fraction of sp³-hybridized carbons (Fsp3) is 0.389. The van der Waals surface area contributed by atoms with Gasteiger partial charge in [-0.2, -0.15) is 0 Å². The summed E-state index contributed by atoms with van der Waals surface area (Å²) in [7, 11) is 0. The third-order valence-corrected chi connectivity index (χ3v) is 4.33. The summed E-state index contributed by atoms with van der Waals surface area (Å²) < 4.78 is 0. The summed E-state index contributed by atoms with van der Waals surface area (Å²) in [4.78, 5) is 23.2. The van der Waals surface area contributed by atoms with E-state index in [2.05, 4.69) is 14.9 Å². The van der Waals surface area contributed by atoms with Crippen LogP contribution in [0, 0.1) is 6.92 Å².